The third-order valence-corrected chi connectivity index (χ3v) is 6.73. The fourth-order valence-electron chi connectivity index (χ4n) is 4.42. The molecule has 1 amide bonds. The van der Waals surface area contributed by atoms with E-state index in [4.69, 9.17) is 0 Å². The molecular formula is C24H21BrF2N8O. The molecule has 4 aromatic rings. The second-order valence-corrected chi connectivity index (χ2v) is 9.70. The van der Waals surface area contributed by atoms with E-state index in [1.165, 1.54) is 0 Å². The minimum Gasteiger partial charge on any atom is -0.351 e. The van der Waals surface area contributed by atoms with Crippen LogP contribution in [0.1, 0.15) is 31.7 Å². The Morgan fingerprint density at radius 1 is 1.33 bits per heavy atom. The molecule has 0 saturated heterocycles. The van der Waals surface area contributed by atoms with Gasteiger partial charge in [-0.25, -0.2) is 18.4 Å². The number of pyridine rings is 1. The van der Waals surface area contributed by atoms with Gasteiger partial charge in [0.15, 0.2) is 5.65 Å². The number of carbonyl (C=O) groups excluding carboxylic acids is 1. The maximum atomic E-state index is 13.1. The number of benzene rings is 1. The topological polar surface area (TPSA) is 121 Å². The van der Waals surface area contributed by atoms with E-state index in [0.29, 0.717) is 57.6 Å². The van der Waals surface area contributed by atoms with Crippen molar-refractivity contribution in [3.05, 3.63) is 46.8 Å². The van der Waals surface area contributed by atoms with Gasteiger partial charge in [-0.2, -0.15) is 15.3 Å². The van der Waals surface area contributed by atoms with Crippen LogP contribution in [0, 0.1) is 17.2 Å². The fourth-order valence-corrected chi connectivity index (χ4v) is 4.86. The van der Waals surface area contributed by atoms with Gasteiger partial charge in [0.25, 0.3) is 5.92 Å². The van der Waals surface area contributed by atoms with Gasteiger partial charge in [0.1, 0.15) is 10.7 Å². The van der Waals surface area contributed by atoms with E-state index >= 15 is 0 Å². The molecule has 36 heavy (non-hydrogen) atoms. The highest BCUT2D eigenvalue weighted by Gasteiger charge is 2.32. The van der Waals surface area contributed by atoms with E-state index in [2.05, 4.69) is 52.7 Å². The van der Waals surface area contributed by atoms with Crippen molar-refractivity contribution < 1.29 is 13.6 Å². The molecule has 3 aromatic heterocycles. The van der Waals surface area contributed by atoms with Gasteiger partial charge in [0.2, 0.25) is 11.9 Å². The first-order valence-electron chi connectivity index (χ1n) is 11.3. The molecule has 1 saturated carbocycles. The zero-order chi connectivity index (χ0) is 25.4. The van der Waals surface area contributed by atoms with Gasteiger partial charge in [0.05, 0.1) is 28.7 Å². The van der Waals surface area contributed by atoms with Gasteiger partial charge in [-0.15, -0.1) is 0 Å². The van der Waals surface area contributed by atoms with Crippen LogP contribution < -0.4 is 10.6 Å². The highest BCUT2D eigenvalue weighted by Crippen LogP contribution is 2.30. The lowest BCUT2D eigenvalue weighted by molar-refractivity contribution is -0.126. The summed E-state index contributed by atoms with van der Waals surface area (Å²) in [6, 6.07) is 9.40. The molecular weight excluding hydrogens is 534 g/mol. The first-order valence-corrected chi connectivity index (χ1v) is 12.1. The highest BCUT2D eigenvalue weighted by atomic mass is 79.9. The Labute approximate surface area is 213 Å². The van der Waals surface area contributed by atoms with Crippen molar-refractivity contribution in [1.82, 2.24) is 30.0 Å². The molecule has 0 bridgehead atoms. The highest BCUT2D eigenvalue weighted by molar-refractivity contribution is 9.10. The normalized spacial score (nSPS) is 17.9. The number of rotatable bonds is 6. The summed E-state index contributed by atoms with van der Waals surface area (Å²) in [5.41, 5.74) is 2.21. The largest absolute Gasteiger partial charge is 0.351 e. The standard InChI is InChI=1S/C24H21BrF2N8O/c1-24(26,27)12-31-22(36)14-4-5-16(7-14)32-23-30-11-18-20(25)34-35(21(18)33-23)17-8-13-3-2-6-29-19(13)15(9-17)10-28/h2-3,6,8-9,11,14,16H,4-5,7,12H2,1H3,(H,31,36)(H,30,32,33)/t14-,16-/m1/s1. The van der Waals surface area contributed by atoms with Crippen LogP contribution in [0.5, 0.6) is 0 Å². The first kappa shape index (κ1) is 24.0. The predicted octanol–water partition coefficient (Wildman–Crippen LogP) is 4.35. The Morgan fingerprint density at radius 2 is 2.17 bits per heavy atom. The summed E-state index contributed by atoms with van der Waals surface area (Å²) in [5.74, 6) is -3.28. The lowest BCUT2D eigenvalue weighted by atomic mass is 10.1. The summed E-state index contributed by atoms with van der Waals surface area (Å²) >= 11 is 3.46. The minimum atomic E-state index is -2.94. The summed E-state index contributed by atoms with van der Waals surface area (Å²) in [5, 5.41) is 21.3. The molecule has 0 radical (unpaired) electrons. The molecule has 0 aliphatic heterocycles. The van der Waals surface area contributed by atoms with Gasteiger partial charge < -0.3 is 10.6 Å². The van der Waals surface area contributed by atoms with Crippen molar-refractivity contribution >= 4 is 49.7 Å². The van der Waals surface area contributed by atoms with Crippen LogP contribution in [-0.4, -0.2) is 49.1 Å². The molecule has 0 unspecified atom stereocenters. The second kappa shape index (κ2) is 9.39. The number of fused-ring (bicyclic) bond motifs is 2. The molecule has 1 aliphatic carbocycles. The molecule has 9 nitrogen and oxygen atoms in total. The predicted molar refractivity (Wildman–Crippen MR) is 133 cm³/mol. The molecule has 0 spiro atoms. The average Bonchev–Trinajstić information content (AvgIpc) is 3.45. The summed E-state index contributed by atoms with van der Waals surface area (Å²) in [4.78, 5) is 25.6. The smallest absolute Gasteiger partial charge is 0.262 e. The number of nitrogens with one attached hydrogen (secondary N) is 2. The van der Waals surface area contributed by atoms with Crippen LogP contribution in [0.2, 0.25) is 0 Å². The number of anilines is 1. The maximum Gasteiger partial charge on any atom is 0.262 e. The van der Waals surface area contributed by atoms with Crippen molar-refractivity contribution in [3.8, 4) is 11.8 Å². The molecule has 1 aliphatic rings. The molecule has 2 atom stereocenters. The van der Waals surface area contributed by atoms with E-state index in [-0.39, 0.29) is 17.9 Å². The van der Waals surface area contributed by atoms with Crippen LogP contribution in [-0.2, 0) is 4.79 Å². The van der Waals surface area contributed by atoms with Crippen molar-refractivity contribution in [2.45, 2.75) is 38.2 Å². The van der Waals surface area contributed by atoms with Crippen molar-refractivity contribution in [2.24, 2.45) is 5.92 Å². The first-order chi connectivity index (χ1) is 17.2. The number of alkyl halides is 2. The Bertz CT molecular complexity index is 1510. The van der Waals surface area contributed by atoms with Crippen LogP contribution in [0.15, 0.2) is 41.3 Å². The fraction of sp³-hybridized carbons (Fsp3) is 0.333. The zero-order valence-electron chi connectivity index (χ0n) is 19.2. The second-order valence-electron chi connectivity index (χ2n) is 8.95. The number of hydrogen-bond donors (Lipinski definition) is 2. The maximum absolute atomic E-state index is 13.1. The van der Waals surface area contributed by atoms with Crippen LogP contribution in [0.4, 0.5) is 14.7 Å². The quantitative estimate of drug-likeness (QED) is 0.363. The zero-order valence-corrected chi connectivity index (χ0v) is 20.8. The van der Waals surface area contributed by atoms with Gasteiger partial charge in [-0.1, -0.05) is 6.07 Å². The molecule has 3 heterocycles. The number of hydrogen-bond acceptors (Lipinski definition) is 7. The lowest BCUT2D eigenvalue weighted by Crippen LogP contribution is -2.37. The SMILES string of the molecule is CC(F)(F)CNC(=O)[C@@H]1CC[C@@H](Nc2ncc3c(Br)nn(-c4cc(C#N)c5ncccc5c4)c3n2)C1. The Hall–Kier alpha value is -3.72. The van der Waals surface area contributed by atoms with Gasteiger partial charge >= 0.3 is 0 Å². The lowest BCUT2D eigenvalue weighted by Gasteiger charge is -2.15. The summed E-state index contributed by atoms with van der Waals surface area (Å²) in [7, 11) is 0. The van der Waals surface area contributed by atoms with E-state index in [1.54, 1.807) is 29.2 Å². The van der Waals surface area contributed by atoms with E-state index in [1.807, 2.05) is 12.1 Å². The van der Waals surface area contributed by atoms with E-state index in [9.17, 15) is 18.8 Å². The number of amides is 1. The van der Waals surface area contributed by atoms with Crippen molar-refractivity contribution in [3.63, 3.8) is 0 Å². The van der Waals surface area contributed by atoms with E-state index < -0.39 is 12.5 Å². The molecule has 12 heteroatoms. The number of nitrogens with zero attached hydrogens (tertiary/aromatic N) is 6. The number of carbonyl (C=O) groups is 1. The van der Waals surface area contributed by atoms with Gasteiger partial charge in [0, 0.05) is 36.7 Å². The molecule has 184 valence electrons. The summed E-state index contributed by atoms with van der Waals surface area (Å²) in [6.45, 7) is 0.107. The third kappa shape index (κ3) is 4.83. The molecule has 2 N–H and O–H groups in total. The number of nitriles is 1. The molecule has 1 fully saturated rings. The van der Waals surface area contributed by atoms with Crippen LogP contribution in [0.3, 0.4) is 0 Å². The number of halogens is 3. The van der Waals surface area contributed by atoms with Gasteiger partial charge in [-0.3, -0.25) is 9.78 Å². The summed E-state index contributed by atoms with van der Waals surface area (Å²) < 4.78 is 28.3. The average molecular weight is 555 g/mol. The minimum absolute atomic E-state index is 0.0721. The van der Waals surface area contributed by atoms with Crippen LogP contribution in [0.25, 0.3) is 27.6 Å². The Kier molecular flexibility index (Phi) is 6.26. The Morgan fingerprint density at radius 3 is 2.94 bits per heavy atom. The summed E-state index contributed by atoms with van der Waals surface area (Å²) in [6.07, 6.45) is 5.06. The van der Waals surface area contributed by atoms with E-state index in [0.717, 1.165) is 12.3 Å². The molecule has 5 rings (SSSR count). The molecule has 1 aromatic carbocycles. The van der Waals surface area contributed by atoms with Crippen molar-refractivity contribution in [2.75, 3.05) is 11.9 Å². The van der Waals surface area contributed by atoms with Crippen molar-refractivity contribution in [1.29, 1.82) is 5.26 Å². The van der Waals surface area contributed by atoms with Crippen LogP contribution >= 0.6 is 15.9 Å². The Balaban J connectivity index is 1.39. The van der Waals surface area contributed by atoms with Gasteiger partial charge in [-0.05, 0) is 53.4 Å². The third-order valence-electron chi connectivity index (χ3n) is 6.14. The monoisotopic (exact) mass is 554 g/mol. The number of aromatic nitrogens is 5.